The molecule has 0 radical (unpaired) electrons. The number of ether oxygens (including phenoxy) is 1. The average Bonchev–Trinajstić information content (AvgIpc) is 3.53. The lowest BCUT2D eigenvalue weighted by Gasteiger charge is -2.10. The van der Waals surface area contributed by atoms with Crippen molar-refractivity contribution in [3.8, 4) is 28.4 Å². The van der Waals surface area contributed by atoms with Gasteiger partial charge >= 0.3 is 12.0 Å². The van der Waals surface area contributed by atoms with Crippen molar-refractivity contribution in [2.24, 2.45) is 0 Å². The number of nitrogens with one attached hydrogen (secondary N) is 2. The first kappa shape index (κ1) is 26.2. The molecule has 2 N–H and O–H groups in total. The van der Waals surface area contributed by atoms with Crippen molar-refractivity contribution in [2.45, 2.75) is 11.1 Å². The number of benzene rings is 2. The Morgan fingerprint density at radius 2 is 1.85 bits per heavy atom. The molecule has 0 amide bonds. The van der Waals surface area contributed by atoms with Crippen LogP contribution in [0.4, 0.5) is 19.1 Å². The Balaban J connectivity index is 1.30. The van der Waals surface area contributed by atoms with Gasteiger partial charge in [-0.15, -0.1) is 0 Å². The van der Waals surface area contributed by atoms with Gasteiger partial charge in [-0.1, -0.05) is 12.1 Å². The molecule has 0 spiro atoms. The standard InChI is InChI=1S/C25H21F3N6O4S/c1-37-18-4-2-3-16(15-18)21-22(34-13-14-38-24(34)33-21)20-9-10-29-23(32-20)30-11-12-31-39(35,36)19-7-5-17(6-8-19)25(26,27)28/h2-10,13-15,31H,11-12H2,1H3,(H,29,30,32). The van der Waals surface area contributed by atoms with Gasteiger partial charge in [0, 0.05) is 31.0 Å². The van der Waals surface area contributed by atoms with E-state index in [0.717, 1.165) is 29.8 Å². The van der Waals surface area contributed by atoms with E-state index in [4.69, 9.17) is 9.15 Å². The molecule has 0 aliphatic carbocycles. The van der Waals surface area contributed by atoms with Gasteiger partial charge in [-0.05, 0) is 42.5 Å². The predicted molar refractivity (Wildman–Crippen MR) is 136 cm³/mol. The Labute approximate surface area is 220 Å². The number of aromatic nitrogens is 4. The number of oxazole rings is 1. The second-order valence-electron chi connectivity index (χ2n) is 8.21. The monoisotopic (exact) mass is 558 g/mol. The second-order valence-corrected chi connectivity index (χ2v) is 9.98. The van der Waals surface area contributed by atoms with Crippen LogP contribution in [0.15, 0.2) is 82.6 Å². The van der Waals surface area contributed by atoms with E-state index in [2.05, 4.69) is 25.0 Å². The van der Waals surface area contributed by atoms with Gasteiger partial charge in [0.2, 0.25) is 16.0 Å². The maximum absolute atomic E-state index is 12.7. The van der Waals surface area contributed by atoms with Crippen LogP contribution in [0.3, 0.4) is 0 Å². The molecule has 0 aliphatic heterocycles. The minimum atomic E-state index is -4.55. The van der Waals surface area contributed by atoms with Gasteiger partial charge in [0.1, 0.15) is 23.4 Å². The Morgan fingerprint density at radius 1 is 1.05 bits per heavy atom. The summed E-state index contributed by atoms with van der Waals surface area (Å²) in [6.45, 7) is 0.0459. The third-order valence-corrected chi connectivity index (χ3v) is 7.17. The second kappa shape index (κ2) is 10.4. The molecule has 2 aromatic carbocycles. The minimum absolute atomic E-state index is 0.0648. The van der Waals surface area contributed by atoms with Crippen LogP contribution in [0, 0.1) is 0 Å². The van der Waals surface area contributed by atoms with Crippen LogP contribution in [0.5, 0.6) is 5.75 Å². The summed E-state index contributed by atoms with van der Waals surface area (Å²) in [6, 6.07) is 12.4. The maximum atomic E-state index is 12.7. The first-order valence-electron chi connectivity index (χ1n) is 11.5. The number of imidazole rings is 1. The van der Waals surface area contributed by atoms with E-state index in [9.17, 15) is 21.6 Å². The molecule has 39 heavy (non-hydrogen) atoms. The number of hydrogen-bond acceptors (Lipinski definition) is 8. The van der Waals surface area contributed by atoms with E-state index in [1.54, 1.807) is 30.0 Å². The summed E-state index contributed by atoms with van der Waals surface area (Å²) in [5, 5.41) is 2.95. The lowest BCUT2D eigenvalue weighted by atomic mass is 10.1. The quantitative estimate of drug-likeness (QED) is 0.254. The molecule has 5 aromatic rings. The van der Waals surface area contributed by atoms with Gasteiger partial charge in [0.15, 0.2) is 0 Å². The zero-order valence-corrected chi connectivity index (χ0v) is 21.1. The van der Waals surface area contributed by atoms with Crippen molar-refractivity contribution < 1.29 is 30.7 Å². The summed E-state index contributed by atoms with van der Waals surface area (Å²) in [4.78, 5) is 13.1. The number of halogens is 3. The third kappa shape index (κ3) is 5.56. The smallest absolute Gasteiger partial charge is 0.416 e. The van der Waals surface area contributed by atoms with Crippen molar-refractivity contribution in [3.05, 3.63) is 78.8 Å². The number of sulfonamides is 1. The molecule has 202 valence electrons. The van der Waals surface area contributed by atoms with Crippen LogP contribution in [-0.4, -0.2) is 48.0 Å². The van der Waals surface area contributed by atoms with Crippen molar-refractivity contribution >= 4 is 21.8 Å². The van der Waals surface area contributed by atoms with Crippen molar-refractivity contribution in [3.63, 3.8) is 0 Å². The molecule has 0 aliphatic rings. The normalized spacial score (nSPS) is 12.1. The molecule has 10 nitrogen and oxygen atoms in total. The Morgan fingerprint density at radius 3 is 2.59 bits per heavy atom. The fraction of sp³-hybridized carbons (Fsp3) is 0.160. The molecule has 0 bridgehead atoms. The van der Waals surface area contributed by atoms with Crippen LogP contribution >= 0.6 is 0 Å². The van der Waals surface area contributed by atoms with E-state index in [1.165, 1.54) is 6.26 Å². The Kier molecular flexibility index (Phi) is 6.97. The number of nitrogens with zero attached hydrogens (tertiary/aromatic N) is 4. The van der Waals surface area contributed by atoms with E-state index in [0.29, 0.717) is 28.7 Å². The van der Waals surface area contributed by atoms with Gasteiger partial charge in [0.25, 0.3) is 0 Å². The number of methoxy groups -OCH3 is 1. The third-order valence-electron chi connectivity index (χ3n) is 5.70. The molecular weight excluding hydrogens is 537 g/mol. The first-order chi connectivity index (χ1) is 18.7. The predicted octanol–water partition coefficient (Wildman–Crippen LogP) is 4.47. The molecular formula is C25H21F3N6O4S. The summed E-state index contributed by atoms with van der Waals surface area (Å²) in [6.07, 6.45) is 0.214. The summed E-state index contributed by atoms with van der Waals surface area (Å²) < 4.78 is 78.0. The molecule has 14 heteroatoms. The fourth-order valence-corrected chi connectivity index (χ4v) is 4.88. The molecule has 5 rings (SSSR count). The summed E-state index contributed by atoms with van der Waals surface area (Å²) in [5.74, 6) is 1.26. The average molecular weight is 559 g/mol. The highest BCUT2D eigenvalue weighted by molar-refractivity contribution is 7.89. The lowest BCUT2D eigenvalue weighted by molar-refractivity contribution is -0.137. The Hall–Kier alpha value is -4.43. The number of anilines is 1. The molecule has 0 unspecified atom stereocenters. The lowest BCUT2D eigenvalue weighted by Crippen LogP contribution is -2.29. The van der Waals surface area contributed by atoms with Crippen molar-refractivity contribution in [1.29, 1.82) is 0 Å². The number of hydrogen-bond donors (Lipinski definition) is 2. The van der Waals surface area contributed by atoms with Crippen molar-refractivity contribution in [1.82, 2.24) is 24.1 Å². The van der Waals surface area contributed by atoms with Gasteiger partial charge in [-0.3, -0.25) is 4.40 Å². The highest BCUT2D eigenvalue weighted by Gasteiger charge is 2.30. The molecule has 0 saturated heterocycles. The summed E-state index contributed by atoms with van der Waals surface area (Å²) in [5.41, 5.74) is 1.65. The minimum Gasteiger partial charge on any atom is -0.497 e. The number of rotatable bonds is 9. The molecule has 3 aromatic heterocycles. The molecule has 0 fully saturated rings. The van der Waals surface area contributed by atoms with Gasteiger partial charge in [0.05, 0.1) is 23.3 Å². The van der Waals surface area contributed by atoms with Crippen LogP contribution in [0.2, 0.25) is 0 Å². The first-order valence-corrected chi connectivity index (χ1v) is 13.0. The van der Waals surface area contributed by atoms with Gasteiger partial charge in [-0.2, -0.15) is 18.2 Å². The van der Waals surface area contributed by atoms with Gasteiger partial charge < -0.3 is 14.5 Å². The molecule has 0 atom stereocenters. The highest BCUT2D eigenvalue weighted by Crippen LogP contribution is 2.34. The SMILES string of the molecule is COc1cccc(-c2nc3occn3c2-c2ccnc(NCCNS(=O)(=O)c3ccc(C(F)(F)F)cc3)n2)c1. The van der Waals surface area contributed by atoms with Crippen LogP contribution in [0.25, 0.3) is 28.5 Å². The molecule has 0 saturated carbocycles. The van der Waals surface area contributed by atoms with Crippen LogP contribution in [-0.2, 0) is 16.2 Å². The zero-order valence-electron chi connectivity index (χ0n) is 20.3. The number of fused-ring (bicyclic) bond motifs is 1. The van der Waals surface area contributed by atoms with Crippen LogP contribution in [0.1, 0.15) is 5.56 Å². The highest BCUT2D eigenvalue weighted by atomic mass is 32.2. The fourth-order valence-electron chi connectivity index (χ4n) is 3.84. The largest absolute Gasteiger partial charge is 0.497 e. The van der Waals surface area contributed by atoms with E-state index < -0.39 is 21.8 Å². The zero-order chi connectivity index (χ0) is 27.6. The topological polar surface area (TPSA) is 124 Å². The van der Waals surface area contributed by atoms with E-state index >= 15 is 0 Å². The van der Waals surface area contributed by atoms with Crippen LogP contribution < -0.4 is 14.8 Å². The molecule has 3 heterocycles. The van der Waals surface area contributed by atoms with Gasteiger partial charge in [-0.25, -0.2) is 23.1 Å². The van der Waals surface area contributed by atoms with E-state index in [1.807, 2.05) is 24.3 Å². The van der Waals surface area contributed by atoms with E-state index in [-0.39, 0.29) is 23.9 Å². The summed E-state index contributed by atoms with van der Waals surface area (Å²) >= 11 is 0. The Bertz CT molecular complexity index is 1720. The van der Waals surface area contributed by atoms with Crippen molar-refractivity contribution in [2.75, 3.05) is 25.5 Å². The maximum Gasteiger partial charge on any atom is 0.416 e. The number of alkyl halides is 3. The summed E-state index contributed by atoms with van der Waals surface area (Å²) in [7, 11) is -2.44.